The number of hydrogen-bond donors (Lipinski definition) is 3. The highest BCUT2D eigenvalue weighted by atomic mass is 32.2. The third kappa shape index (κ3) is 5.00. The standard InChI is InChI=1S/C17H16N2O5S/c1-12(20)14-6-8-15(9-7-14)19-25(23,24)16-4-2-3-13(11-16)5-10-17(21)18-22/h2-11,19,22H,1H3,(H,18,21). The Balaban J connectivity index is 2.23. The summed E-state index contributed by atoms with van der Waals surface area (Å²) in [6, 6.07) is 12.0. The van der Waals surface area contributed by atoms with Crippen LogP contribution in [0.15, 0.2) is 59.5 Å². The molecule has 3 N–H and O–H groups in total. The molecular formula is C17H16N2O5S. The minimum atomic E-state index is -3.83. The Morgan fingerprint density at radius 1 is 1.08 bits per heavy atom. The molecule has 0 radical (unpaired) electrons. The maximum atomic E-state index is 12.4. The molecule has 0 unspecified atom stereocenters. The van der Waals surface area contributed by atoms with Gasteiger partial charge < -0.3 is 0 Å². The number of anilines is 1. The summed E-state index contributed by atoms with van der Waals surface area (Å²) >= 11 is 0. The van der Waals surface area contributed by atoms with Gasteiger partial charge in [-0.05, 0) is 55.0 Å². The molecule has 1 amide bonds. The molecule has 8 heteroatoms. The zero-order valence-electron chi connectivity index (χ0n) is 13.3. The number of hydrogen-bond acceptors (Lipinski definition) is 5. The van der Waals surface area contributed by atoms with Gasteiger partial charge in [-0.25, -0.2) is 13.9 Å². The lowest BCUT2D eigenvalue weighted by atomic mass is 10.1. The Morgan fingerprint density at radius 3 is 2.36 bits per heavy atom. The summed E-state index contributed by atoms with van der Waals surface area (Å²) in [7, 11) is -3.83. The van der Waals surface area contributed by atoms with Crippen LogP contribution in [0.5, 0.6) is 0 Å². The lowest BCUT2D eigenvalue weighted by Crippen LogP contribution is -2.15. The Morgan fingerprint density at radius 2 is 1.76 bits per heavy atom. The Kier molecular flexibility index (Phi) is 5.68. The maximum absolute atomic E-state index is 12.4. The van der Waals surface area contributed by atoms with Crippen LogP contribution in [-0.2, 0) is 14.8 Å². The van der Waals surface area contributed by atoms with Gasteiger partial charge in [0.25, 0.3) is 15.9 Å². The lowest BCUT2D eigenvalue weighted by molar-refractivity contribution is -0.124. The van der Waals surface area contributed by atoms with Crippen LogP contribution in [0.1, 0.15) is 22.8 Å². The number of Topliss-reactive ketones (excluding diaryl/α,β-unsaturated/α-hetero) is 1. The SMILES string of the molecule is CC(=O)c1ccc(NS(=O)(=O)c2cccc(C=CC(=O)NO)c2)cc1. The van der Waals surface area contributed by atoms with Gasteiger partial charge in [-0.2, -0.15) is 0 Å². The first-order valence-corrected chi connectivity index (χ1v) is 8.66. The zero-order chi connectivity index (χ0) is 18.4. The molecule has 25 heavy (non-hydrogen) atoms. The molecule has 0 aliphatic carbocycles. The minimum Gasteiger partial charge on any atom is -0.295 e. The first-order valence-electron chi connectivity index (χ1n) is 7.18. The van der Waals surface area contributed by atoms with Crippen LogP contribution >= 0.6 is 0 Å². The number of sulfonamides is 1. The number of carbonyl (C=O) groups excluding carboxylic acids is 2. The van der Waals surface area contributed by atoms with E-state index in [1.807, 2.05) is 0 Å². The molecule has 0 saturated carbocycles. The molecule has 0 bridgehead atoms. The van der Waals surface area contributed by atoms with E-state index in [0.717, 1.165) is 6.08 Å². The fourth-order valence-electron chi connectivity index (χ4n) is 1.98. The van der Waals surface area contributed by atoms with Crippen molar-refractivity contribution in [2.45, 2.75) is 11.8 Å². The van der Waals surface area contributed by atoms with Crippen molar-refractivity contribution in [3.63, 3.8) is 0 Å². The maximum Gasteiger partial charge on any atom is 0.267 e. The highest BCUT2D eigenvalue weighted by molar-refractivity contribution is 7.92. The molecule has 0 aromatic heterocycles. The molecule has 2 aromatic rings. The van der Waals surface area contributed by atoms with Crippen molar-refractivity contribution in [2.24, 2.45) is 0 Å². The minimum absolute atomic E-state index is 0.00898. The molecule has 130 valence electrons. The van der Waals surface area contributed by atoms with Crippen molar-refractivity contribution < 1.29 is 23.2 Å². The van der Waals surface area contributed by atoms with Crippen LogP contribution in [-0.4, -0.2) is 25.3 Å². The molecule has 0 aliphatic heterocycles. The summed E-state index contributed by atoms with van der Waals surface area (Å²) in [5.74, 6) is -0.835. The Labute approximate surface area is 145 Å². The number of rotatable bonds is 6. The normalized spacial score (nSPS) is 11.3. The zero-order valence-corrected chi connectivity index (χ0v) is 14.1. The van der Waals surface area contributed by atoms with Crippen LogP contribution < -0.4 is 10.2 Å². The number of amides is 1. The molecule has 0 atom stereocenters. The van der Waals surface area contributed by atoms with E-state index >= 15 is 0 Å². The number of ketones is 1. The van der Waals surface area contributed by atoms with Gasteiger partial charge in [-0.3, -0.25) is 19.5 Å². The monoisotopic (exact) mass is 360 g/mol. The van der Waals surface area contributed by atoms with E-state index < -0.39 is 15.9 Å². The van der Waals surface area contributed by atoms with Crippen molar-refractivity contribution in [1.82, 2.24) is 5.48 Å². The van der Waals surface area contributed by atoms with Gasteiger partial charge >= 0.3 is 0 Å². The first-order chi connectivity index (χ1) is 11.8. The van der Waals surface area contributed by atoms with Gasteiger partial charge in [0, 0.05) is 17.3 Å². The second-order valence-electron chi connectivity index (χ2n) is 5.12. The lowest BCUT2D eigenvalue weighted by Gasteiger charge is -2.09. The van der Waals surface area contributed by atoms with Crippen molar-refractivity contribution in [3.05, 3.63) is 65.7 Å². The van der Waals surface area contributed by atoms with Crippen LogP contribution in [0.4, 0.5) is 5.69 Å². The third-order valence-corrected chi connectivity index (χ3v) is 4.63. The van der Waals surface area contributed by atoms with Crippen molar-refractivity contribution in [1.29, 1.82) is 0 Å². The molecule has 0 fully saturated rings. The molecule has 0 heterocycles. The van der Waals surface area contributed by atoms with E-state index in [1.165, 1.54) is 60.9 Å². The van der Waals surface area contributed by atoms with Crippen LogP contribution in [0.3, 0.4) is 0 Å². The van der Waals surface area contributed by atoms with Crippen LogP contribution in [0.25, 0.3) is 6.08 Å². The number of hydroxylamine groups is 1. The van der Waals surface area contributed by atoms with E-state index in [4.69, 9.17) is 5.21 Å². The molecule has 0 saturated heterocycles. The summed E-state index contributed by atoms with van der Waals surface area (Å²) in [5.41, 5.74) is 2.72. The van der Waals surface area contributed by atoms with Gasteiger partial charge in [0.15, 0.2) is 5.78 Å². The predicted octanol–water partition coefficient (Wildman–Crippen LogP) is 2.21. The fraction of sp³-hybridized carbons (Fsp3) is 0.0588. The Hall–Kier alpha value is -2.97. The average molecular weight is 360 g/mol. The number of nitrogens with one attached hydrogen (secondary N) is 2. The second kappa shape index (κ2) is 7.73. The molecule has 0 aliphatic rings. The van der Waals surface area contributed by atoms with E-state index in [9.17, 15) is 18.0 Å². The fourth-order valence-corrected chi connectivity index (χ4v) is 3.09. The topological polar surface area (TPSA) is 113 Å². The van der Waals surface area contributed by atoms with Crippen LogP contribution in [0.2, 0.25) is 0 Å². The highest BCUT2D eigenvalue weighted by Crippen LogP contribution is 2.18. The highest BCUT2D eigenvalue weighted by Gasteiger charge is 2.14. The second-order valence-corrected chi connectivity index (χ2v) is 6.80. The van der Waals surface area contributed by atoms with Crippen molar-refractivity contribution in [2.75, 3.05) is 4.72 Å². The smallest absolute Gasteiger partial charge is 0.267 e. The summed E-state index contributed by atoms with van der Waals surface area (Å²) in [5, 5.41) is 8.44. The predicted molar refractivity (Wildman–Crippen MR) is 92.7 cm³/mol. The number of benzene rings is 2. The van der Waals surface area contributed by atoms with Gasteiger partial charge in [0.1, 0.15) is 0 Å². The van der Waals surface area contributed by atoms with E-state index in [2.05, 4.69) is 4.72 Å². The van der Waals surface area contributed by atoms with Gasteiger partial charge in [-0.15, -0.1) is 0 Å². The molecule has 7 nitrogen and oxygen atoms in total. The van der Waals surface area contributed by atoms with Gasteiger partial charge in [-0.1, -0.05) is 12.1 Å². The molecule has 2 rings (SSSR count). The van der Waals surface area contributed by atoms with Gasteiger partial charge in [0.05, 0.1) is 4.90 Å². The summed E-state index contributed by atoms with van der Waals surface area (Å²) in [4.78, 5) is 22.2. The van der Waals surface area contributed by atoms with Crippen molar-refractivity contribution in [3.8, 4) is 0 Å². The Bertz CT molecular complexity index is 918. The summed E-state index contributed by atoms with van der Waals surface area (Å²) in [6.45, 7) is 1.43. The summed E-state index contributed by atoms with van der Waals surface area (Å²) in [6.07, 6.45) is 2.44. The first kappa shape index (κ1) is 18.4. The quantitative estimate of drug-likeness (QED) is 0.316. The third-order valence-electron chi connectivity index (χ3n) is 3.25. The average Bonchev–Trinajstić information content (AvgIpc) is 2.60. The van der Waals surface area contributed by atoms with Crippen LogP contribution in [0, 0.1) is 0 Å². The van der Waals surface area contributed by atoms with E-state index in [0.29, 0.717) is 16.8 Å². The number of carbonyl (C=O) groups is 2. The molecular weight excluding hydrogens is 344 g/mol. The van der Waals surface area contributed by atoms with Crippen molar-refractivity contribution >= 4 is 33.5 Å². The molecule has 0 spiro atoms. The molecule has 2 aromatic carbocycles. The van der Waals surface area contributed by atoms with Gasteiger partial charge in [0.2, 0.25) is 0 Å². The largest absolute Gasteiger partial charge is 0.295 e. The summed E-state index contributed by atoms with van der Waals surface area (Å²) < 4.78 is 27.3. The van der Waals surface area contributed by atoms with E-state index in [-0.39, 0.29) is 10.7 Å². The van der Waals surface area contributed by atoms with E-state index in [1.54, 1.807) is 6.07 Å².